The molecule has 2 nitrogen and oxygen atoms in total. The minimum absolute atomic E-state index is 0.111. The zero-order valence-electron chi connectivity index (χ0n) is 10.8. The molecular weight excluding hydrogens is 272 g/mol. The van der Waals surface area contributed by atoms with Gasteiger partial charge in [0.1, 0.15) is 0 Å². The lowest BCUT2D eigenvalue weighted by Crippen LogP contribution is -2.43. The Morgan fingerprint density at radius 2 is 2.11 bits per heavy atom. The summed E-state index contributed by atoms with van der Waals surface area (Å²) in [5.41, 5.74) is -0.234. The number of rotatable bonds is 2. The van der Waals surface area contributed by atoms with Crippen LogP contribution in [-0.4, -0.2) is 23.4 Å². The van der Waals surface area contributed by atoms with Gasteiger partial charge >= 0.3 is 0 Å². The van der Waals surface area contributed by atoms with Crippen LogP contribution in [-0.2, 0) is 0 Å². The van der Waals surface area contributed by atoms with Crippen LogP contribution in [0.15, 0.2) is 12.1 Å². The number of hydrogen-bond donors (Lipinski definition) is 0. The first-order chi connectivity index (χ1) is 9.06. The highest BCUT2D eigenvalue weighted by atomic mass is 35.5. The second-order valence-electron chi connectivity index (χ2n) is 4.78. The van der Waals surface area contributed by atoms with Crippen molar-refractivity contribution in [3.8, 4) is 0 Å². The zero-order chi connectivity index (χ0) is 14.0. The Bertz CT molecular complexity index is 493. The summed E-state index contributed by atoms with van der Waals surface area (Å²) in [6.07, 6.45) is 3.71. The van der Waals surface area contributed by atoms with E-state index in [4.69, 9.17) is 11.6 Å². The fraction of sp³-hybridized carbons (Fsp3) is 0.500. The Balaban J connectivity index is 2.31. The molecule has 1 saturated heterocycles. The smallest absolute Gasteiger partial charge is 0.257 e. The van der Waals surface area contributed by atoms with Crippen molar-refractivity contribution in [3.63, 3.8) is 0 Å². The second kappa shape index (κ2) is 5.87. The number of nitrogens with zero attached hydrogens (tertiary/aromatic N) is 1. The van der Waals surface area contributed by atoms with Crippen LogP contribution in [0.25, 0.3) is 0 Å². The summed E-state index contributed by atoms with van der Waals surface area (Å²) >= 11 is 5.49. The van der Waals surface area contributed by atoms with Crippen LogP contribution in [0.4, 0.5) is 8.78 Å². The number of halogens is 3. The molecule has 1 fully saturated rings. The number of piperidine rings is 1. The summed E-state index contributed by atoms with van der Waals surface area (Å²) in [4.78, 5) is 14.0. The van der Waals surface area contributed by atoms with Gasteiger partial charge in [-0.2, -0.15) is 0 Å². The lowest BCUT2D eigenvalue weighted by atomic mass is 9.98. The Morgan fingerprint density at radius 3 is 2.79 bits per heavy atom. The van der Waals surface area contributed by atoms with Crippen molar-refractivity contribution < 1.29 is 13.6 Å². The lowest BCUT2D eigenvalue weighted by Gasteiger charge is -2.35. The highest BCUT2D eigenvalue weighted by molar-refractivity contribution is 6.30. The second-order valence-corrected chi connectivity index (χ2v) is 5.19. The quantitative estimate of drug-likeness (QED) is 0.752. The highest BCUT2D eigenvalue weighted by Gasteiger charge is 2.29. The van der Waals surface area contributed by atoms with Crippen molar-refractivity contribution >= 4 is 17.5 Å². The third-order valence-electron chi connectivity index (χ3n) is 3.62. The molecular formula is C14H16ClF2NO. The van der Waals surface area contributed by atoms with Crippen LogP contribution in [0, 0.1) is 11.6 Å². The summed E-state index contributed by atoms with van der Waals surface area (Å²) in [6, 6.07) is 2.59. The predicted molar refractivity (Wildman–Crippen MR) is 70.3 cm³/mol. The molecule has 1 aromatic rings. The van der Waals surface area contributed by atoms with Crippen LogP contribution in [0.2, 0.25) is 5.02 Å². The Morgan fingerprint density at radius 1 is 1.37 bits per heavy atom. The van der Waals surface area contributed by atoms with Gasteiger partial charge in [0, 0.05) is 12.6 Å². The molecule has 0 radical (unpaired) electrons. The van der Waals surface area contributed by atoms with E-state index >= 15 is 0 Å². The molecule has 1 aliphatic rings. The van der Waals surface area contributed by atoms with E-state index in [1.54, 1.807) is 4.90 Å². The molecule has 1 atom stereocenters. The van der Waals surface area contributed by atoms with Crippen molar-refractivity contribution in [2.24, 2.45) is 0 Å². The maximum absolute atomic E-state index is 13.8. The molecule has 5 heteroatoms. The van der Waals surface area contributed by atoms with Gasteiger partial charge in [-0.1, -0.05) is 18.5 Å². The van der Waals surface area contributed by atoms with Gasteiger partial charge in [-0.15, -0.1) is 0 Å². The number of likely N-dealkylation sites (tertiary alicyclic amines) is 1. The van der Waals surface area contributed by atoms with Crippen molar-refractivity contribution in [2.45, 2.75) is 38.6 Å². The fourth-order valence-electron chi connectivity index (χ4n) is 2.54. The molecule has 0 spiro atoms. The van der Waals surface area contributed by atoms with Crippen molar-refractivity contribution in [1.82, 2.24) is 4.90 Å². The summed E-state index contributed by atoms with van der Waals surface area (Å²) < 4.78 is 27.2. The first kappa shape index (κ1) is 14.3. The third-order valence-corrected chi connectivity index (χ3v) is 3.92. The number of amides is 1. The maximum atomic E-state index is 13.8. The average molecular weight is 288 g/mol. The Kier molecular flexibility index (Phi) is 4.40. The topological polar surface area (TPSA) is 20.3 Å². The number of carbonyl (C=O) groups excluding carboxylic acids is 1. The number of hydrogen-bond acceptors (Lipinski definition) is 1. The molecule has 1 aliphatic heterocycles. The number of benzene rings is 1. The van der Waals surface area contributed by atoms with Gasteiger partial charge in [0.25, 0.3) is 5.91 Å². The lowest BCUT2D eigenvalue weighted by molar-refractivity contribution is 0.0602. The van der Waals surface area contributed by atoms with Crippen molar-refractivity contribution in [3.05, 3.63) is 34.4 Å². The fourth-order valence-corrected chi connectivity index (χ4v) is 2.68. The van der Waals surface area contributed by atoms with Crippen molar-refractivity contribution in [2.75, 3.05) is 6.54 Å². The first-order valence-corrected chi connectivity index (χ1v) is 6.88. The SMILES string of the molecule is CC[C@@H]1CCCCN1C(=O)c1ccc(Cl)c(F)c1F. The molecule has 19 heavy (non-hydrogen) atoms. The summed E-state index contributed by atoms with van der Waals surface area (Å²) in [6.45, 7) is 2.59. The monoisotopic (exact) mass is 287 g/mol. The van der Waals surface area contributed by atoms with Gasteiger partial charge in [-0.05, 0) is 37.8 Å². The molecule has 1 heterocycles. The van der Waals surface area contributed by atoms with E-state index in [-0.39, 0.29) is 16.6 Å². The first-order valence-electron chi connectivity index (χ1n) is 6.50. The molecule has 0 aliphatic carbocycles. The minimum Gasteiger partial charge on any atom is -0.336 e. The highest BCUT2D eigenvalue weighted by Crippen LogP contribution is 2.25. The van der Waals surface area contributed by atoms with Crippen LogP contribution >= 0.6 is 11.6 Å². The summed E-state index contributed by atoms with van der Waals surface area (Å²) in [5.74, 6) is -2.75. The van der Waals surface area contributed by atoms with Crippen LogP contribution in [0.1, 0.15) is 43.0 Å². The van der Waals surface area contributed by atoms with Gasteiger partial charge in [0.15, 0.2) is 11.6 Å². The molecule has 0 saturated carbocycles. The summed E-state index contributed by atoms with van der Waals surface area (Å²) in [5, 5.41) is -0.306. The van der Waals surface area contributed by atoms with Crippen LogP contribution in [0.3, 0.4) is 0 Å². The summed E-state index contributed by atoms with van der Waals surface area (Å²) in [7, 11) is 0. The van der Waals surface area contributed by atoms with Gasteiger partial charge < -0.3 is 4.90 Å². The normalized spacial score (nSPS) is 19.6. The van der Waals surface area contributed by atoms with E-state index in [2.05, 4.69) is 0 Å². The molecule has 0 unspecified atom stereocenters. The van der Waals surface area contributed by atoms with Gasteiger partial charge in [-0.3, -0.25) is 4.79 Å². The Hall–Kier alpha value is -1.16. The Labute approximate surface area is 116 Å². The van der Waals surface area contributed by atoms with Gasteiger partial charge in [0.2, 0.25) is 0 Å². The van der Waals surface area contributed by atoms with Gasteiger partial charge in [-0.25, -0.2) is 8.78 Å². The van der Waals surface area contributed by atoms with Crippen LogP contribution < -0.4 is 0 Å². The van der Waals surface area contributed by atoms with E-state index in [0.29, 0.717) is 6.54 Å². The molecule has 0 aromatic heterocycles. The molecule has 2 rings (SSSR count). The van der Waals surface area contributed by atoms with Gasteiger partial charge in [0.05, 0.1) is 10.6 Å². The minimum atomic E-state index is -1.16. The number of carbonyl (C=O) groups is 1. The van der Waals surface area contributed by atoms with Crippen molar-refractivity contribution in [1.29, 1.82) is 0 Å². The molecule has 1 aromatic carbocycles. The van der Waals surface area contributed by atoms with E-state index in [1.165, 1.54) is 12.1 Å². The average Bonchev–Trinajstić information content (AvgIpc) is 2.44. The van der Waals surface area contributed by atoms with E-state index in [0.717, 1.165) is 25.7 Å². The largest absolute Gasteiger partial charge is 0.336 e. The van der Waals surface area contributed by atoms with Crippen LogP contribution in [0.5, 0.6) is 0 Å². The molecule has 0 bridgehead atoms. The maximum Gasteiger partial charge on any atom is 0.257 e. The molecule has 1 amide bonds. The standard InChI is InChI=1S/C14H16ClF2NO/c1-2-9-5-3-4-8-18(9)14(19)10-6-7-11(15)13(17)12(10)16/h6-7,9H,2-5,8H2,1H3/t9-/m1/s1. The van der Waals surface area contributed by atoms with E-state index < -0.39 is 17.5 Å². The molecule has 0 N–H and O–H groups in total. The molecule has 104 valence electrons. The zero-order valence-corrected chi connectivity index (χ0v) is 11.5. The predicted octanol–water partition coefficient (Wildman–Crippen LogP) is 4.02. The van der Waals surface area contributed by atoms with E-state index in [9.17, 15) is 13.6 Å². The third kappa shape index (κ3) is 2.73. The van der Waals surface area contributed by atoms with E-state index in [1.807, 2.05) is 6.92 Å².